The van der Waals surface area contributed by atoms with Gasteiger partial charge in [-0.15, -0.1) is 11.6 Å². The van der Waals surface area contributed by atoms with Gasteiger partial charge in [0.15, 0.2) is 0 Å². The van der Waals surface area contributed by atoms with Gasteiger partial charge in [0, 0.05) is 10.0 Å². The van der Waals surface area contributed by atoms with Gasteiger partial charge in [0.1, 0.15) is 0 Å². The second kappa shape index (κ2) is 5.97. The Morgan fingerprint density at radius 3 is 2.44 bits per heavy atom. The average Bonchev–Trinajstić information content (AvgIpc) is 2.32. The fraction of sp³-hybridized carbons (Fsp3) is 0.200. The van der Waals surface area contributed by atoms with Crippen LogP contribution in [-0.4, -0.2) is 0 Å². The molecular formula is C15H13Cl3. The minimum Gasteiger partial charge on any atom is -0.117 e. The molecule has 0 aliphatic heterocycles. The van der Waals surface area contributed by atoms with E-state index in [-0.39, 0.29) is 5.38 Å². The molecule has 1 atom stereocenters. The van der Waals surface area contributed by atoms with Crippen LogP contribution in [0.3, 0.4) is 0 Å². The largest absolute Gasteiger partial charge is 0.117 e. The van der Waals surface area contributed by atoms with Gasteiger partial charge in [-0.1, -0.05) is 41.4 Å². The molecule has 94 valence electrons. The van der Waals surface area contributed by atoms with Crippen molar-refractivity contribution >= 4 is 34.8 Å². The maximum absolute atomic E-state index is 6.47. The fourth-order valence-electron chi connectivity index (χ4n) is 1.93. The lowest BCUT2D eigenvalue weighted by atomic mass is 10.00. The van der Waals surface area contributed by atoms with Crippen molar-refractivity contribution in [1.82, 2.24) is 0 Å². The van der Waals surface area contributed by atoms with Gasteiger partial charge in [-0.2, -0.15) is 0 Å². The first kappa shape index (κ1) is 13.7. The first-order valence-electron chi connectivity index (χ1n) is 5.71. The van der Waals surface area contributed by atoms with E-state index in [0.717, 1.165) is 28.1 Å². The SMILES string of the molecule is Cc1ccc(Cl)cc1C(Cl)Cc1cccc(Cl)c1. The average molecular weight is 300 g/mol. The number of hydrogen-bond donors (Lipinski definition) is 0. The lowest BCUT2D eigenvalue weighted by Gasteiger charge is -2.13. The molecule has 18 heavy (non-hydrogen) atoms. The van der Waals surface area contributed by atoms with Gasteiger partial charge < -0.3 is 0 Å². The van der Waals surface area contributed by atoms with Crippen LogP contribution >= 0.6 is 34.8 Å². The van der Waals surface area contributed by atoms with E-state index in [9.17, 15) is 0 Å². The van der Waals surface area contributed by atoms with Gasteiger partial charge in [-0.05, 0) is 54.3 Å². The zero-order valence-electron chi connectivity index (χ0n) is 9.96. The molecule has 0 aliphatic rings. The van der Waals surface area contributed by atoms with E-state index < -0.39 is 0 Å². The normalized spacial score (nSPS) is 12.4. The van der Waals surface area contributed by atoms with Crippen LogP contribution in [0.2, 0.25) is 10.0 Å². The minimum atomic E-state index is -0.0952. The highest BCUT2D eigenvalue weighted by atomic mass is 35.5. The van der Waals surface area contributed by atoms with Crippen LogP contribution in [-0.2, 0) is 6.42 Å². The van der Waals surface area contributed by atoms with Crippen molar-refractivity contribution < 1.29 is 0 Å². The predicted molar refractivity (Wildman–Crippen MR) is 79.9 cm³/mol. The lowest BCUT2D eigenvalue weighted by Crippen LogP contribution is -1.98. The fourth-order valence-corrected chi connectivity index (χ4v) is 2.74. The van der Waals surface area contributed by atoms with E-state index in [1.807, 2.05) is 49.4 Å². The summed E-state index contributed by atoms with van der Waals surface area (Å²) in [7, 11) is 0. The molecule has 0 saturated carbocycles. The zero-order valence-corrected chi connectivity index (χ0v) is 12.2. The molecular weight excluding hydrogens is 287 g/mol. The van der Waals surface area contributed by atoms with E-state index in [0.29, 0.717) is 5.02 Å². The molecule has 3 heteroatoms. The van der Waals surface area contributed by atoms with Crippen LogP contribution in [0, 0.1) is 6.92 Å². The monoisotopic (exact) mass is 298 g/mol. The first-order chi connectivity index (χ1) is 8.56. The molecule has 0 bridgehead atoms. The smallest absolute Gasteiger partial charge is 0.0628 e. The third-order valence-corrected chi connectivity index (χ3v) is 3.74. The molecule has 0 radical (unpaired) electrons. The molecule has 1 unspecified atom stereocenters. The van der Waals surface area contributed by atoms with Crippen LogP contribution < -0.4 is 0 Å². The standard InChI is InChI=1S/C15H13Cl3/c1-10-5-6-13(17)9-14(10)15(18)8-11-3-2-4-12(16)7-11/h2-7,9,15H,8H2,1H3. The summed E-state index contributed by atoms with van der Waals surface area (Å²) in [5.41, 5.74) is 3.35. The number of halogens is 3. The highest BCUT2D eigenvalue weighted by Crippen LogP contribution is 2.30. The van der Waals surface area contributed by atoms with Crippen molar-refractivity contribution in [2.75, 3.05) is 0 Å². The van der Waals surface area contributed by atoms with Gasteiger partial charge >= 0.3 is 0 Å². The molecule has 2 rings (SSSR count). The summed E-state index contributed by atoms with van der Waals surface area (Å²) < 4.78 is 0. The van der Waals surface area contributed by atoms with E-state index in [2.05, 4.69) is 0 Å². The van der Waals surface area contributed by atoms with Gasteiger partial charge in [0.05, 0.1) is 5.38 Å². The molecule has 0 aromatic heterocycles. The molecule has 0 nitrogen and oxygen atoms in total. The second-order valence-electron chi connectivity index (χ2n) is 4.30. The molecule has 2 aromatic rings. The molecule has 0 N–H and O–H groups in total. The van der Waals surface area contributed by atoms with E-state index in [1.165, 1.54) is 0 Å². The number of hydrogen-bond acceptors (Lipinski definition) is 0. The van der Waals surface area contributed by atoms with Crippen molar-refractivity contribution in [2.24, 2.45) is 0 Å². The van der Waals surface area contributed by atoms with Crippen LogP contribution in [0.4, 0.5) is 0 Å². The Hall–Kier alpha value is -0.690. The highest BCUT2D eigenvalue weighted by Gasteiger charge is 2.12. The number of aryl methyl sites for hydroxylation is 1. The number of rotatable bonds is 3. The summed E-state index contributed by atoms with van der Waals surface area (Å²) in [6.45, 7) is 2.04. The van der Waals surface area contributed by atoms with Crippen molar-refractivity contribution in [3.8, 4) is 0 Å². The van der Waals surface area contributed by atoms with Crippen LogP contribution in [0.5, 0.6) is 0 Å². The molecule has 0 saturated heterocycles. The van der Waals surface area contributed by atoms with Crippen molar-refractivity contribution in [3.63, 3.8) is 0 Å². The summed E-state index contributed by atoms with van der Waals surface area (Å²) in [4.78, 5) is 0. The maximum Gasteiger partial charge on any atom is 0.0628 e. The van der Waals surface area contributed by atoms with Gasteiger partial charge in [0.2, 0.25) is 0 Å². The molecule has 0 aliphatic carbocycles. The number of alkyl halides is 1. The van der Waals surface area contributed by atoms with Crippen LogP contribution in [0.25, 0.3) is 0 Å². The Kier molecular flexibility index (Phi) is 4.55. The van der Waals surface area contributed by atoms with Gasteiger partial charge in [-0.3, -0.25) is 0 Å². The topological polar surface area (TPSA) is 0 Å². The lowest BCUT2D eigenvalue weighted by molar-refractivity contribution is 0.910. The summed E-state index contributed by atoms with van der Waals surface area (Å²) in [5.74, 6) is 0. The van der Waals surface area contributed by atoms with E-state index in [4.69, 9.17) is 34.8 Å². The van der Waals surface area contributed by atoms with Gasteiger partial charge in [0.25, 0.3) is 0 Å². The summed E-state index contributed by atoms with van der Waals surface area (Å²) in [5, 5.41) is 1.36. The Labute approximate surface area is 122 Å². The summed E-state index contributed by atoms with van der Waals surface area (Å²) >= 11 is 18.4. The van der Waals surface area contributed by atoms with Crippen molar-refractivity contribution in [3.05, 3.63) is 69.2 Å². The molecule has 0 heterocycles. The minimum absolute atomic E-state index is 0.0952. The third kappa shape index (κ3) is 3.41. The van der Waals surface area contributed by atoms with Crippen molar-refractivity contribution in [2.45, 2.75) is 18.7 Å². The third-order valence-electron chi connectivity index (χ3n) is 2.88. The summed E-state index contributed by atoms with van der Waals surface area (Å²) in [6.07, 6.45) is 0.739. The zero-order chi connectivity index (χ0) is 13.1. The van der Waals surface area contributed by atoms with Crippen LogP contribution in [0.1, 0.15) is 22.1 Å². The molecule has 0 spiro atoms. The first-order valence-corrected chi connectivity index (χ1v) is 6.90. The Balaban J connectivity index is 2.21. The maximum atomic E-state index is 6.47. The number of benzene rings is 2. The molecule has 0 fully saturated rings. The Morgan fingerprint density at radius 2 is 1.72 bits per heavy atom. The Bertz CT molecular complexity index is 549. The highest BCUT2D eigenvalue weighted by molar-refractivity contribution is 6.31. The van der Waals surface area contributed by atoms with Crippen molar-refractivity contribution in [1.29, 1.82) is 0 Å². The quantitative estimate of drug-likeness (QED) is 0.626. The van der Waals surface area contributed by atoms with Crippen LogP contribution in [0.15, 0.2) is 42.5 Å². The second-order valence-corrected chi connectivity index (χ2v) is 5.70. The van der Waals surface area contributed by atoms with E-state index >= 15 is 0 Å². The summed E-state index contributed by atoms with van der Waals surface area (Å²) in [6, 6.07) is 13.6. The predicted octanol–water partition coefficient (Wildman–Crippen LogP) is 5.82. The van der Waals surface area contributed by atoms with Gasteiger partial charge in [-0.25, -0.2) is 0 Å². The Morgan fingerprint density at radius 1 is 1.00 bits per heavy atom. The van der Waals surface area contributed by atoms with E-state index in [1.54, 1.807) is 0 Å². The molecule has 2 aromatic carbocycles. The molecule has 0 amide bonds.